The molecule has 0 spiro atoms. The average molecular weight is 456 g/mol. The number of carbonyl (C=O) groups excluding carboxylic acids is 3. The van der Waals surface area contributed by atoms with Crippen LogP contribution in [0.25, 0.3) is 0 Å². The summed E-state index contributed by atoms with van der Waals surface area (Å²) >= 11 is 0. The summed E-state index contributed by atoms with van der Waals surface area (Å²) in [6.07, 6.45) is 1.99. The maximum absolute atomic E-state index is 12.3. The Labute approximate surface area is 192 Å². The minimum atomic E-state index is -0.893. The number of amides is 3. The van der Waals surface area contributed by atoms with Gasteiger partial charge in [-0.25, -0.2) is 5.43 Å². The molecule has 0 saturated carbocycles. The molecule has 3 amide bonds. The molecule has 1 atom stereocenters. The summed E-state index contributed by atoms with van der Waals surface area (Å²) < 4.78 is 16.1. The van der Waals surface area contributed by atoms with Crippen LogP contribution in [-0.4, -0.2) is 50.8 Å². The van der Waals surface area contributed by atoms with E-state index in [1.165, 1.54) is 13.3 Å². The van der Waals surface area contributed by atoms with Crippen LogP contribution in [-0.2, 0) is 14.4 Å². The molecule has 0 fully saturated rings. The van der Waals surface area contributed by atoms with Crippen molar-refractivity contribution in [3.63, 3.8) is 0 Å². The molecule has 0 aliphatic heterocycles. The summed E-state index contributed by atoms with van der Waals surface area (Å²) in [4.78, 5) is 36.0. The first-order valence-corrected chi connectivity index (χ1v) is 10.3. The number of hydrogen-bond acceptors (Lipinski definition) is 7. The first-order valence-electron chi connectivity index (χ1n) is 10.3. The predicted octanol–water partition coefficient (Wildman–Crippen LogP) is 2.09. The molecular formula is C23H28N4O6. The maximum Gasteiger partial charge on any atom is 0.329 e. The number of methoxy groups -OCH3 is 2. The fraction of sp³-hybridized carbons (Fsp3) is 0.304. The molecule has 0 unspecified atom stereocenters. The van der Waals surface area contributed by atoms with Gasteiger partial charge in [0.05, 0.1) is 20.4 Å². The Morgan fingerprint density at radius 3 is 2.39 bits per heavy atom. The van der Waals surface area contributed by atoms with Crippen molar-refractivity contribution in [3.05, 3.63) is 48.0 Å². The van der Waals surface area contributed by atoms with Crippen LogP contribution in [0.4, 0.5) is 5.69 Å². The van der Waals surface area contributed by atoms with Gasteiger partial charge in [0.25, 0.3) is 5.91 Å². The number of benzene rings is 2. The topological polar surface area (TPSA) is 127 Å². The molecule has 3 N–H and O–H groups in total. The molecule has 2 aromatic rings. The highest BCUT2D eigenvalue weighted by molar-refractivity contribution is 6.35. The maximum atomic E-state index is 12.3. The van der Waals surface area contributed by atoms with Crippen LogP contribution in [0.1, 0.15) is 25.8 Å². The number of carbonyl (C=O) groups is 3. The molecule has 33 heavy (non-hydrogen) atoms. The van der Waals surface area contributed by atoms with Crippen molar-refractivity contribution in [2.75, 3.05) is 26.1 Å². The highest BCUT2D eigenvalue weighted by Crippen LogP contribution is 2.30. The van der Waals surface area contributed by atoms with Crippen LogP contribution in [0.2, 0.25) is 0 Å². The smallest absolute Gasteiger partial charge is 0.329 e. The van der Waals surface area contributed by atoms with Crippen molar-refractivity contribution in [2.24, 2.45) is 5.10 Å². The lowest BCUT2D eigenvalue weighted by molar-refractivity contribution is -0.139. The van der Waals surface area contributed by atoms with Crippen molar-refractivity contribution >= 4 is 29.6 Å². The van der Waals surface area contributed by atoms with E-state index in [9.17, 15) is 14.4 Å². The zero-order valence-electron chi connectivity index (χ0n) is 19.0. The van der Waals surface area contributed by atoms with E-state index in [1.54, 1.807) is 56.5 Å². The number of ether oxygens (including phenoxy) is 3. The van der Waals surface area contributed by atoms with Gasteiger partial charge in [0.15, 0.2) is 18.1 Å². The predicted molar refractivity (Wildman–Crippen MR) is 124 cm³/mol. The standard InChI is InChI=1S/C23H28N4O6/c1-5-15(2)25-22(29)23(30)27-24-13-16-7-6-8-19(32-4)21(16)33-14-20(28)26-17-9-11-18(31-3)12-10-17/h6-13,15H,5,14H2,1-4H3,(H,25,29)(H,26,28)(H,27,30)/b24-13-/t15-/m0/s1. The molecule has 0 bridgehead atoms. The number of rotatable bonds is 10. The summed E-state index contributed by atoms with van der Waals surface area (Å²) in [6.45, 7) is 3.39. The SMILES string of the molecule is CC[C@H](C)NC(=O)C(=O)N/N=C\c1cccc(OC)c1OCC(=O)Nc1ccc(OC)cc1. The Hall–Kier alpha value is -4.08. The van der Waals surface area contributed by atoms with Gasteiger partial charge in [0.2, 0.25) is 0 Å². The average Bonchev–Trinajstić information content (AvgIpc) is 2.83. The van der Waals surface area contributed by atoms with Gasteiger partial charge in [-0.2, -0.15) is 5.10 Å². The Bertz CT molecular complexity index is 991. The molecule has 0 aliphatic rings. The van der Waals surface area contributed by atoms with E-state index in [2.05, 4.69) is 21.2 Å². The fourth-order valence-corrected chi connectivity index (χ4v) is 2.56. The zero-order chi connectivity index (χ0) is 24.2. The van der Waals surface area contributed by atoms with Gasteiger partial charge in [-0.1, -0.05) is 13.0 Å². The second-order valence-electron chi connectivity index (χ2n) is 6.93. The number of hydrazone groups is 1. The quantitative estimate of drug-likeness (QED) is 0.285. The largest absolute Gasteiger partial charge is 0.497 e. The molecule has 2 rings (SSSR count). The van der Waals surface area contributed by atoms with Crippen molar-refractivity contribution < 1.29 is 28.6 Å². The molecule has 10 nitrogen and oxygen atoms in total. The van der Waals surface area contributed by atoms with E-state index in [4.69, 9.17) is 14.2 Å². The van der Waals surface area contributed by atoms with E-state index in [0.717, 1.165) is 0 Å². The third-order valence-corrected chi connectivity index (χ3v) is 4.52. The van der Waals surface area contributed by atoms with Crippen LogP contribution in [0.15, 0.2) is 47.6 Å². The van der Waals surface area contributed by atoms with Crippen molar-refractivity contribution in [3.8, 4) is 17.2 Å². The van der Waals surface area contributed by atoms with Crippen LogP contribution in [0.5, 0.6) is 17.2 Å². The number of para-hydroxylation sites is 1. The molecular weight excluding hydrogens is 428 g/mol. The highest BCUT2D eigenvalue weighted by atomic mass is 16.5. The van der Waals surface area contributed by atoms with Gasteiger partial charge in [0, 0.05) is 17.3 Å². The molecule has 0 radical (unpaired) electrons. The normalized spacial score (nSPS) is 11.4. The van der Waals surface area contributed by atoms with Crippen molar-refractivity contribution in [1.82, 2.24) is 10.7 Å². The molecule has 0 heterocycles. The van der Waals surface area contributed by atoms with Gasteiger partial charge >= 0.3 is 11.8 Å². The fourth-order valence-electron chi connectivity index (χ4n) is 2.56. The Balaban J connectivity index is 2.02. The molecule has 0 aliphatic carbocycles. The summed E-state index contributed by atoms with van der Waals surface area (Å²) in [5.41, 5.74) is 3.19. The molecule has 176 valence electrons. The highest BCUT2D eigenvalue weighted by Gasteiger charge is 2.15. The second-order valence-corrected chi connectivity index (χ2v) is 6.93. The zero-order valence-corrected chi connectivity index (χ0v) is 19.0. The van der Waals surface area contributed by atoms with Crippen LogP contribution < -0.4 is 30.3 Å². The first kappa shape index (κ1) is 25.2. The van der Waals surface area contributed by atoms with E-state index in [0.29, 0.717) is 29.2 Å². The first-order chi connectivity index (χ1) is 15.9. The lowest BCUT2D eigenvalue weighted by atomic mass is 10.2. The van der Waals surface area contributed by atoms with Gasteiger partial charge in [-0.15, -0.1) is 0 Å². The molecule has 0 aromatic heterocycles. The second kappa shape index (κ2) is 12.7. The van der Waals surface area contributed by atoms with Gasteiger partial charge < -0.3 is 24.8 Å². The van der Waals surface area contributed by atoms with E-state index in [-0.39, 0.29) is 24.3 Å². The van der Waals surface area contributed by atoms with Crippen molar-refractivity contribution in [2.45, 2.75) is 26.3 Å². The number of anilines is 1. The van der Waals surface area contributed by atoms with E-state index < -0.39 is 11.8 Å². The van der Waals surface area contributed by atoms with Crippen molar-refractivity contribution in [1.29, 1.82) is 0 Å². The monoisotopic (exact) mass is 456 g/mol. The van der Waals surface area contributed by atoms with E-state index >= 15 is 0 Å². The van der Waals surface area contributed by atoms with Crippen LogP contribution in [0, 0.1) is 0 Å². The molecule has 2 aromatic carbocycles. The van der Waals surface area contributed by atoms with Gasteiger partial charge in [-0.3, -0.25) is 14.4 Å². The summed E-state index contributed by atoms with van der Waals surface area (Å²) in [6, 6.07) is 11.7. The summed E-state index contributed by atoms with van der Waals surface area (Å²) in [7, 11) is 3.02. The Morgan fingerprint density at radius 1 is 1.03 bits per heavy atom. The Kier molecular flexibility index (Phi) is 9.69. The summed E-state index contributed by atoms with van der Waals surface area (Å²) in [5.74, 6) is -0.755. The minimum Gasteiger partial charge on any atom is -0.497 e. The van der Waals surface area contributed by atoms with E-state index in [1.807, 2.05) is 6.92 Å². The lowest BCUT2D eigenvalue weighted by Gasteiger charge is -2.13. The third-order valence-electron chi connectivity index (χ3n) is 4.52. The van der Waals surface area contributed by atoms with Crippen LogP contribution >= 0.6 is 0 Å². The minimum absolute atomic E-state index is 0.130. The number of nitrogens with zero attached hydrogens (tertiary/aromatic N) is 1. The molecule has 0 saturated heterocycles. The third kappa shape index (κ3) is 7.84. The summed E-state index contributed by atoms with van der Waals surface area (Å²) in [5, 5.41) is 9.07. The van der Waals surface area contributed by atoms with Crippen LogP contribution in [0.3, 0.4) is 0 Å². The Morgan fingerprint density at radius 2 is 1.76 bits per heavy atom. The molecule has 10 heteroatoms. The number of nitrogens with one attached hydrogen (secondary N) is 3. The van der Waals surface area contributed by atoms with Gasteiger partial charge in [0.1, 0.15) is 5.75 Å². The number of hydrogen-bond donors (Lipinski definition) is 3. The lowest BCUT2D eigenvalue weighted by Crippen LogP contribution is -2.41. The van der Waals surface area contributed by atoms with Gasteiger partial charge in [-0.05, 0) is 49.7 Å².